The van der Waals surface area contributed by atoms with Crippen molar-refractivity contribution in [2.24, 2.45) is 0 Å². The second-order valence-electron chi connectivity index (χ2n) is 38.5. The van der Waals surface area contributed by atoms with Crippen LogP contribution in [-0.2, 0) is 96.9 Å². The smallest absolute Gasteiger partial charge is 0.222 e. The van der Waals surface area contributed by atoms with E-state index in [4.69, 9.17) is 0 Å². The Morgan fingerprint density at radius 2 is 0.589 bits per heavy atom. The Bertz CT molecular complexity index is 8940. The van der Waals surface area contributed by atoms with Gasteiger partial charge >= 0.3 is 0 Å². The lowest BCUT2D eigenvalue weighted by molar-refractivity contribution is -0.492. The van der Waals surface area contributed by atoms with E-state index in [0.29, 0.717) is 0 Å². The van der Waals surface area contributed by atoms with Gasteiger partial charge in [-0.15, -0.1) is 0 Å². The first-order valence-corrected chi connectivity index (χ1v) is 45.7. The molecule has 10 aliphatic heterocycles. The summed E-state index contributed by atoms with van der Waals surface area (Å²) in [7, 11) is 0. The van der Waals surface area contributed by atoms with Gasteiger partial charge < -0.3 is 0 Å². The monoisotopic (exact) mass is 1610 g/mol. The molecule has 10 aliphatic rings. The van der Waals surface area contributed by atoms with Crippen molar-refractivity contribution in [3.8, 4) is 22.3 Å². The molecule has 10 aromatic heterocycles. The molecule has 0 unspecified atom stereocenters. The van der Waals surface area contributed by atoms with Gasteiger partial charge in [0.2, 0.25) is 0 Å². The molecule has 0 radical (unpaired) electrons. The van der Waals surface area contributed by atoms with Crippen LogP contribution in [0, 0.1) is 83.1 Å². The molecular weight excluding hydrogens is 1510 g/mol. The first-order valence-electron chi connectivity index (χ1n) is 45.7. The van der Waals surface area contributed by atoms with Crippen LogP contribution in [0.2, 0.25) is 0 Å². The van der Waals surface area contributed by atoms with Crippen LogP contribution < -0.4 is 22.0 Å². The molecule has 0 N–H and O–H groups in total. The van der Waals surface area contributed by atoms with Gasteiger partial charge in [-0.3, -0.25) is 0 Å². The largest absolute Gasteiger partial charge is 0.295 e. The fraction of sp³-hybridized carbons (Fsp3) is 0.237. The summed E-state index contributed by atoms with van der Waals surface area (Å²) in [5.41, 5.74) is 59.3. The van der Waals surface area contributed by atoms with Crippen LogP contribution in [0.3, 0.4) is 0 Å². The quantitative estimate of drug-likeness (QED) is 0.122. The van der Waals surface area contributed by atoms with E-state index in [1.54, 1.807) is 5.56 Å². The highest BCUT2D eigenvalue weighted by Crippen LogP contribution is 2.49. The Morgan fingerprint density at radius 1 is 0.218 bits per heavy atom. The second-order valence-corrected chi connectivity index (χ2v) is 38.5. The Balaban J connectivity index is 0.0000000797. The van der Waals surface area contributed by atoms with Gasteiger partial charge in [0.25, 0.3) is 28.2 Å². The van der Waals surface area contributed by atoms with Gasteiger partial charge in [0.05, 0.1) is 26.9 Å². The molecule has 0 bridgehead atoms. The highest BCUT2D eigenvalue weighted by atomic mass is 15.2. The van der Waals surface area contributed by atoms with Crippen LogP contribution in [0.1, 0.15) is 152 Å². The molecular formula is C114H97N10+5. The second kappa shape index (κ2) is 24.3. The van der Waals surface area contributed by atoms with Gasteiger partial charge in [-0.05, 0) is 166 Å². The van der Waals surface area contributed by atoms with Crippen molar-refractivity contribution < 1.29 is 22.0 Å². The van der Waals surface area contributed by atoms with Gasteiger partial charge in [0, 0.05) is 176 Å². The SMILES string of the molecule is Cc1cc2c3c(c1)c1cccc4c1c1n(c(C)c([n+]31)CC2)C4.Cc1ccc2c3cccc4c3[n+]3c(c(C)n5c3c2c1C5)CC4.Cc1ccc2c3cccc4c3c3n(c(C)c5[n+]3c2c1CC5)C4.Cc1cccc(C)c1-c1cc2c3c(c1)c1cccc4c1[n+]1c(c(C)n(c31)C2)CC4.Cc1cccc(C)c1-c1ccc2c3c1c1cccc4c1[n+]1c(c(C)n(c31)C2)CC4. The summed E-state index contributed by atoms with van der Waals surface area (Å²) in [4.78, 5) is 0. The van der Waals surface area contributed by atoms with E-state index in [9.17, 15) is 0 Å². The van der Waals surface area contributed by atoms with Gasteiger partial charge in [-0.25, -0.2) is 22.8 Å². The van der Waals surface area contributed by atoms with Crippen LogP contribution in [-0.4, -0.2) is 22.8 Å². The zero-order chi connectivity index (χ0) is 82.6. The Morgan fingerprint density at radius 3 is 1.14 bits per heavy atom. The minimum atomic E-state index is 0.992. The van der Waals surface area contributed by atoms with Crippen LogP contribution in [0.25, 0.3) is 159 Å². The number of imidazole rings is 5. The number of hydrogen-bond donors (Lipinski definition) is 0. The van der Waals surface area contributed by atoms with E-state index < -0.39 is 0 Å². The topological polar surface area (TPSA) is 45.1 Å². The van der Waals surface area contributed by atoms with Crippen molar-refractivity contribution in [1.82, 2.24) is 22.8 Å². The highest BCUT2D eigenvalue weighted by Gasteiger charge is 2.44. The maximum atomic E-state index is 2.59. The predicted octanol–water partition coefficient (Wildman–Crippen LogP) is 22.0. The van der Waals surface area contributed by atoms with Crippen molar-refractivity contribution in [2.45, 2.75) is 180 Å². The normalized spacial score (nSPS) is 14.8. The van der Waals surface area contributed by atoms with Crippen molar-refractivity contribution in [2.75, 3.05) is 0 Å². The molecule has 0 saturated carbocycles. The molecule has 0 atom stereocenters. The molecule has 0 aliphatic carbocycles. The Kier molecular flexibility index (Phi) is 13.8. The number of para-hydroxylation sites is 3. The summed E-state index contributed by atoms with van der Waals surface area (Å²) in [6.45, 7) is 32.3. The molecule has 0 saturated heterocycles. The van der Waals surface area contributed by atoms with Crippen molar-refractivity contribution in [1.29, 1.82) is 0 Å². The van der Waals surface area contributed by atoms with Crippen LogP contribution in [0.4, 0.5) is 0 Å². The Labute approximate surface area is 718 Å². The highest BCUT2D eigenvalue weighted by molar-refractivity contribution is 6.20. The third kappa shape index (κ3) is 8.70. The molecule has 598 valence electrons. The number of rotatable bonds is 2. The maximum Gasteiger partial charge on any atom is 0.295 e. The molecule has 10 heteroatoms. The predicted molar refractivity (Wildman–Crippen MR) is 503 cm³/mol. The van der Waals surface area contributed by atoms with Crippen molar-refractivity contribution in [3.05, 3.63) is 340 Å². The number of aryl methyl sites for hydroxylation is 17. The van der Waals surface area contributed by atoms with E-state index in [1.165, 1.54) is 343 Å². The average molecular weight is 1610 g/mol. The zero-order valence-electron chi connectivity index (χ0n) is 73.0. The first-order chi connectivity index (χ1) is 60.5. The summed E-state index contributed by atoms with van der Waals surface area (Å²) < 4.78 is 25.6. The maximum absolute atomic E-state index is 2.59. The molecule has 0 spiro atoms. The van der Waals surface area contributed by atoms with Crippen molar-refractivity contribution >= 4 is 137 Å². The van der Waals surface area contributed by atoms with Gasteiger partial charge in [-0.2, -0.15) is 22.0 Å². The van der Waals surface area contributed by atoms with E-state index in [-0.39, 0.29) is 0 Å². The van der Waals surface area contributed by atoms with E-state index in [1.807, 2.05) is 0 Å². The number of pyridine rings is 5. The van der Waals surface area contributed by atoms with Gasteiger partial charge in [0.15, 0.2) is 28.5 Å². The summed E-state index contributed by atoms with van der Waals surface area (Å²) in [5.74, 6) is 0. The summed E-state index contributed by atoms with van der Waals surface area (Å²) >= 11 is 0. The summed E-state index contributed by atoms with van der Waals surface area (Å²) in [6.07, 6.45) is 11.6. The van der Waals surface area contributed by atoms with Crippen LogP contribution in [0.5, 0.6) is 0 Å². The minimum Gasteiger partial charge on any atom is -0.222 e. The fourth-order valence-electron chi connectivity index (χ4n) is 26.8. The van der Waals surface area contributed by atoms with E-state index >= 15 is 0 Å². The molecule has 124 heavy (non-hydrogen) atoms. The third-order valence-corrected chi connectivity index (χ3v) is 32.3. The Hall–Kier alpha value is -13.3. The lowest BCUT2D eigenvalue weighted by Gasteiger charge is -2.17. The molecule has 20 heterocycles. The molecule has 0 amide bonds. The van der Waals surface area contributed by atoms with Crippen LogP contribution in [0.15, 0.2) is 188 Å². The molecule has 32 rings (SSSR count). The van der Waals surface area contributed by atoms with Crippen molar-refractivity contribution in [3.63, 3.8) is 0 Å². The number of benzene rings is 12. The number of hydrogen-bond acceptors (Lipinski definition) is 0. The van der Waals surface area contributed by atoms with Gasteiger partial charge in [-0.1, -0.05) is 164 Å². The molecule has 12 aromatic carbocycles. The standard InChI is InChI=1S/2C27H23N2.3C20H17N2/c1-15-6-4-7-16(2)23(15)20-12-10-19-14-28-17(3)22-13-11-18-8-5-9-21-25(20)24(19)27(28)29(22)26(18)21;1-15-6-4-7-16(2)24(15)19-12-20-14-28-17(3)23-11-10-18-8-5-9-21-22(13-19)25(20)27(28)29(23)26(18)21;1-11-6-8-14-15-5-3-4-13-7-9-17-12(2)21-10-16(11)18(14)20(21)22(17)19(13)15;1-11-8-13-6-7-17-12(2)21-10-14-4-3-5-15-16(9-11)19(13)22(17)20(21)18(14)15;1-11-6-7-16-15-5-3-4-13-10-21-12(2)17-9-8-14(11)19(16)22(17)20(21)18(13)15/h4-10,12H,11,13-14H2,1-3H3;4-9,12-13H,10-11,14H2,1-3H3;3-6,8H,7,9-10H2,1-2H3;3-5,8-9H,6-7,10H2,1-2H3;3-7H,8-10H2,1-2H3/q5*+1. The zero-order valence-corrected chi connectivity index (χ0v) is 73.0. The lowest BCUT2D eigenvalue weighted by atomic mass is 9.88. The number of aromatic nitrogens is 10. The third-order valence-electron chi connectivity index (χ3n) is 32.3. The number of nitrogens with zero attached hydrogens (tertiary/aromatic N) is 10. The lowest BCUT2D eigenvalue weighted by Crippen LogP contribution is -2.31. The first kappa shape index (κ1) is 70.2. The van der Waals surface area contributed by atoms with E-state index in [2.05, 4.69) is 316 Å². The van der Waals surface area contributed by atoms with Crippen LogP contribution >= 0.6 is 0 Å². The summed E-state index contributed by atoms with van der Waals surface area (Å²) in [6, 6.07) is 71.3. The minimum absolute atomic E-state index is 0.992. The van der Waals surface area contributed by atoms with Gasteiger partial charge in [0.1, 0.15) is 88.8 Å². The molecule has 10 nitrogen and oxygen atoms in total. The molecule has 0 fully saturated rings. The van der Waals surface area contributed by atoms with E-state index in [0.717, 1.165) is 58.4 Å². The summed E-state index contributed by atoms with van der Waals surface area (Å²) in [5, 5.41) is 21.6. The average Bonchev–Trinajstić information content (AvgIpc) is 1.53. The number of fused-ring (bicyclic) bond motifs is 5. The fourth-order valence-corrected chi connectivity index (χ4v) is 26.8. The molecule has 22 aromatic rings.